The van der Waals surface area contributed by atoms with E-state index in [2.05, 4.69) is 20.3 Å². The number of benzene rings is 1. The number of rotatable bonds is 5. The minimum atomic E-state index is -0.391. The lowest BCUT2D eigenvalue weighted by molar-refractivity contribution is 0.0529. The van der Waals surface area contributed by atoms with Crippen LogP contribution in [0.1, 0.15) is 17.3 Å². The van der Waals surface area contributed by atoms with E-state index in [4.69, 9.17) is 14.2 Å². The average molecular weight is 441 g/mol. The average Bonchev–Trinajstić information content (AvgIpc) is 3.41. The van der Waals surface area contributed by atoms with Crippen LogP contribution in [0.5, 0.6) is 11.5 Å². The predicted molar refractivity (Wildman–Crippen MR) is 115 cm³/mol. The van der Waals surface area contributed by atoms with Gasteiger partial charge in [0, 0.05) is 16.3 Å². The quantitative estimate of drug-likeness (QED) is 0.453. The second-order valence-electron chi connectivity index (χ2n) is 6.29. The molecule has 152 valence electrons. The highest BCUT2D eigenvalue weighted by molar-refractivity contribution is 7.17. The van der Waals surface area contributed by atoms with Gasteiger partial charge in [0.05, 0.1) is 23.3 Å². The molecule has 3 aromatic heterocycles. The molecule has 30 heavy (non-hydrogen) atoms. The van der Waals surface area contributed by atoms with Gasteiger partial charge in [0.15, 0.2) is 16.6 Å². The molecule has 0 spiro atoms. The summed E-state index contributed by atoms with van der Waals surface area (Å²) in [5, 5.41) is 8.20. The smallest absolute Gasteiger partial charge is 0.339 e. The first-order valence-corrected chi connectivity index (χ1v) is 11.0. The van der Waals surface area contributed by atoms with Gasteiger partial charge in [-0.2, -0.15) is 0 Å². The second kappa shape index (κ2) is 7.88. The lowest BCUT2D eigenvalue weighted by Crippen LogP contribution is -2.15. The summed E-state index contributed by atoms with van der Waals surface area (Å²) in [5.41, 5.74) is 2.18. The van der Waals surface area contributed by atoms with Crippen molar-refractivity contribution in [3.05, 3.63) is 40.8 Å². The summed E-state index contributed by atoms with van der Waals surface area (Å²) < 4.78 is 16.4. The van der Waals surface area contributed by atoms with Crippen LogP contribution in [-0.4, -0.2) is 40.7 Å². The number of nitrogens with zero attached hydrogens (tertiary/aromatic N) is 3. The number of aromatic nitrogens is 3. The van der Waals surface area contributed by atoms with Crippen LogP contribution in [0.25, 0.3) is 21.5 Å². The molecule has 1 aliphatic heterocycles. The molecule has 0 amide bonds. The molecule has 0 atom stereocenters. The minimum absolute atomic E-state index is 0.304. The molecule has 0 saturated heterocycles. The van der Waals surface area contributed by atoms with Crippen LogP contribution in [0.4, 0.5) is 10.9 Å². The lowest BCUT2D eigenvalue weighted by atomic mass is 10.1. The number of thiophene rings is 1. The van der Waals surface area contributed by atoms with Crippen LogP contribution in [0.15, 0.2) is 35.3 Å². The third kappa shape index (κ3) is 3.44. The van der Waals surface area contributed by atoms with Crippen LogP contribution >= 0.6 is 22.7 Å². The van der Waals surface area contributed by atoms with Crippen molar-refractivity contribution in [2.45, 2.75) is 6.92 Å². The van der Waals surface area contributed by atoms with E-state index in [1.54, 1.807) is 12.3 Å². The van der Waals surface area contributed by atoms with Crippen molar-refractivity contribution < 1.29 is 19.0 Å². The van der Waals surface area contributed by atoms with Crippen molar-refractivity contribution in [1.29, 1.82) is 0 Å². The van der Waals surface area contributed by atoms with Gasteiger partial charge in [0.1, 0.15) is 30.2 Å². The van der Waals surface area contributed by atoms with Gasteiger partial charge in [-0.05, 0) is 25.1 Å². The molecule has 0 unspecified atom stereocenters. The van der Waals surface area contributed by atoms with E-state index in [9.17, 15) is 4.79 Å². The number of anilines is 2. The Morgan fingerprint density at radius 1 is 1.17 bits per heavy atom. The zero-order chi connectivity index (χ0) is 20.5. The number of carbonyl (C=O) groups excluding carboxylic acids is 1. The first-order valence-electron chi connectivity index (χ1n) is 9.25. The molecule has 1 N–H and O–H groups in total. The largest absolute Gasteiger partial charge is 0.486 e. The maximum atomic E-state index is 12.3. The van der Waals surface area contributed by atoms with Crippen LogP contribution in [0.2, 0.25) is 0 Å². The Balaban J connectivity index is 1.45. The molecule has 1 aromatic carbocycles. The SMILES string of the molecule is CCOC(=O)c1csc2ncnc(Nc3nc(-c4ccc5c(c4)OCCO5)cs3)c12. The van der Waals surface area contributed by atoms with E-state index < -0.39 is 5.97 Å². The first kappa shape index (κ1) is 18.8. The monoisotopic (exact) mass is 440 g/mol. The molecule has 4 heterocycles. The number of ether oxygens (including phenoxy) is 3. The molecule has 1 aliphatic rings. The zero-order valence-corrected chi connectivity index (χ0v) is 17.5. The van der Waals surface area contributed by atoms with Crippen LogP contribution in [0.3, 0.4) is 0 Å². The molecular formula is C20H16N4O4S2. The minimum Gasteiger partial charge on any atom is -0.486 e. The number of esters is 1. The van der Waals surface area contributed by atoms with E-state index in [1.807, 2.05) is 23.6 Å². The van der Waals surface area contributed by atoms with Gasteiger partial charge in [-0.3, -0.25) is 0 Å². The topological polar surface area (TPSA) is 95.5 Å². The van der Waals surface area contributed by atoms with E-state index in [0.29, 0.717) is 46.6 Å². The van der Waals surface area contributed by atoms with Gasteiger partial charge in [-0.25, -0.2) is 19.7 Å². The molecule has 10 heteroatoms. The van der Waals surface area contributed by atoms with Gasteiger partial charge < -0.3 is 19.5 Å². The summed E-state index contributed by atoms with van der Waals surface area (Å²) >= 11 is 2.82. The van der Waals surface area contributed by atoms with Crippen molar-refractivity contribution in [1.82, 2.24) is 15.0 Å². The molecule has 0 bridgehead atoms. The highest BCUT2D eigenvalue weighted by atomic mass is 32.1. The van der Waals surface area contributed by atoms with E-state index in [-0.39, 0.29) is 0 Å². The van der Waals surface area contributed by atoms with Crippen molar-refractivity contribution in [2.75, 3.05) is 25.1 Å². The van der Waals surface area contributed by atoms with Crippen LogP contribution < -0.4 is 14.8 Å². The summed E-state index contributed by atoms with van der Waals surface area (Å²) in [6.07, 6.45) is 1.46. The van der Waals surface area contributed by atoms with Crippen molar-refractivity contribution >= 4 is 49.8 Å². The fourth-order valence-electron chi connectivity index (χ4n) is 3.10. The Labute approximate surface area is 179 Å². The van der Waals surface area contributed by atoms with Gasteiger partial charge in [-0.15, -0.1) is 22.7 Å². The fourth-order valence-corrected chi connectivity index (χ4v) is 4.69. The van der Waals surface area contributed by atoms with Crippen molar-refractivity contribution in [3.63, 3.8) is 0 Å². The number of hydrogen-bond acceptors (Lipinski definition) is 10. The highest BCUT2D eigenvalue weighted by Gasteiger charge is 2.19. The van der Waals surface area contributed by atoms with Gasteiger partial charge in [0.2, 0.25) is 0 Å². The summed E-state index contributed by atoms with van der Waals surface area (Å²) in [6.45, 7) is 3.17. The third-order valence-electron chi connectivity index (χ3n) is 4.43. The van der Waals surface area contributed by atoms with Crippen molar-refractivity contribution in [2.24, 2.45) is 0 Å². The maximum absolute atomic E-state index is 12.3. The van der Waals surface area contributed by atoms with E-state index in [0.717, 1.165) is 22.8 Å². The maximum Gasteiger partial charge on any atom is 0.339 e. The summed E-state index contributed by atoms with van der Waals surface area (Å²) in [4.78, 5) is 26.3. The van der Waals surface area contributed by atoms with Gasteiger partial charge in [-0.1, -0.05) is 0 Å². The molecule has 0 radical (unpaired) electrons. The molecule has 0 aliphatic carbocycles. The molecule has 5 rings (SSSR count). The number of hydrogen-bond donors (Lipinski definition) is 1. The lowest BCUT2D eigenvalue weighted by Gasteiger charge is -2.18. The van der Waals surface area contributed by atoms with Crippen LogP contribution in [0, 0.1) is 0 Å². The van der Waals surface area contributed by atoms with Crippen LogP contribution in [-0.2, 0) is 4.74 Å². The normalized spacial score (nSPS) is 12.7. The Hall–Kier alpha value is -3.24. The molecule has 0 saturated carbocycles. The Kier molecular flexibility index (Phi) is 4.93. The van der Waals surface area contributed by atoms with Crippen molar-refractivity contribution in [3.8, 4) is 22.8 Å². The van der Waals surface area contributed by atoms with Gasteiger partial charge in [0.25, 0.3) is 0 Å². The Morgan fingerprint density at radius 2 is 2.03 bits per heavy atom. The third-order valence-corrected chi connectivity index (χ3v) is 6.08. The summed E-state index contributed by atoms with van der Waals surface area (Å²) in [6, 6.07) is 5.77. The zero-order valence-electron chi connectivity index (χ0n) is 15.9. The van der Waals surface area contributed by atoms with Gasteiger partial charge >= 0.3 is 5.97 Å². The molecule has 0 fully saturated rings. The summed E-state index contributed by atoms with van der Waals surface area (Å²) in [5.74, 6) is 1.59. The Morgan fingerprint density at radius 3 is 2.90 bits per heavy atom. The Bertz CT molecular complexity index is 1240. The van der Waals surface area contributed by atoms with E-state index >= 15 is 0 Å². The highest BCUT2D eigenvalue weighted by Crippen LogP contribution is 2.37. The molecule has 4 aromatic rings. The first-order chi connectivity index (χ1) is 14.7. The number of fused-ring (bicyclic) bond motifs is 2. The second-order valence-corrected chi connectivity index (χ2v) is 8.01. The van der Waals surface area contributed by atoms with E-state index in [1.165, 1.54) is 29.0 Å². The predicted octanol–water partition coefficient (Wildman–Crippen LogP) is 4.51. The standard InChI is InChI=1S/C20H16N4O4S2/c1-2-26-19(25)12-8-29-18-16(12)17(21-10-22-18)24-20-23-13(9-30-20)11-3-4-14-15(7-11)28-6-5-27-14/h3-4,7-10H,2,5-6H2,1H3,(H,21,22,23,24). The molecule has 8 nitrogen and oxygen atoms in total. The molecular weight excluding hydrogens is 424 g/mol. The number of nitrogens with one attached hydrogen (secondary N) is 1. The summed E-state index contributed by atoms with van der Waals surface area (Å²) in [7, 11) is 0. The fraction of sp³-hybridized carbons (Fsp3) is 0.200. The number of carbonyl (C=O) groups is 1. The number of thiazole rings is 1.